The molecule has 0 radical (unpaired) electrons. The molecule has 0 saturated heterocycles. The van der Waals surface area contributed by atoms with Gasteiger partial charge in [0.2, 0.25) is 5.91 Å². The Labute approximate surface area is 156 Å². The number of furan rings is 1. The molecule has 1 atom stereocenters. The molecule has 8 heteroatoms. The number of fused-ring (bicyclic) bond motifs is 1. The molecule has 0 bridgehead atoms. The molecule has 1 aliphatic rings. The van der Waals surface area contributed by atoms with Crippen LogP contribution in [0.3, 0.4) is 0 Å². The van der Waals surface area contributed by atoms with Gasteiger partial charge in [0.25, 0.3) is 0 Å². The summed E-state index contributed by atoms with van der Waals surface area (Å²) in [4.78, 5) is 30.1. The van der Waals surface area contributed by atoms with Crippen molar-refractivity contribution in [1.29, 1.82) is 0 Å². The molecule has 1 unspecified atom stereocenters. The van der Waals surface area contributed by atoms with Crippen LogP contribution in [0, 0.1) is 0 Å². The van der Waals surface area contributed by atoms with Crippen LogP contribution < -0.4 is 10.6 Å². The summed E-state index contributed by atoms with van der Waals surface area (Å²) in [5, 5.41) is 21.0. The maximum absolute atomic E-state index is 11.9. The number of nitrogens with one attached hydrogen (secondary N) is 2. The van der Waals surface area contributed by atoms with E-state index in [0.29, 0.717) is 13.1 Å². The molecular formula is C19H22N2O6. The minimum atomic E-state index is -1.82. The molecule has 4 N–H and O–H groups in total. The van der Waals surface area contributed by atoms with E-state index in [9.17, 15) is 4.79 Å². The maximum Gasteiger partial charge on any atom is 0.414 e. The van der Waals surface area contributed by atoms with E-state index in [0.717, 1.165) is 18.6 Å². The Hall–Kier alpha value is -3.13. The van der Waals surface area contributed by atoms with Crippen molar-refractivity contribution in [3.05, 3.63) is 59.5 Å². The third-order valence-corrected chi connectivity index (χ3v) is 4.10. The molecule has 1 aromatic carbocycles. The lowest BCUT2D eigenvalue weighted by atomic mass is 9.88. The summed E-state index contributed by atoms with van der Waals surface area (Å²) in [5.74, 6) is -2.88. The smallest absolute Gasteiger partial charge is 0.414 e. The molecule has 0 fully saturated rings. The molecule has 0 aliphatic heterocycles. The van der Waals surface area contributed by atoms with Crippen LogP contribution in [0.15, 0.2) is 47.1 Å². The van der Waals surface area contributed by atoms with Gasteiger partial charge in [-0.2, -0.15) is 0 Å². The second kappa shape index (κ2) is 10.1. The average molecular weight is 374 g/mol. The van der Waals surface area contributed by atoms with Crippen LogP contribution in [0.4, 0.5) is 0 Å². The van der Waals surface area contributed by atoms with Crippen LogP contribution in [0.1, 0.15) is 35.8 Å². The summed E-state index contributed by atoms with van der Waals surface area (Å²) in [6.45, 7) is 0.772. The molecule has 1 aromatic heterocycles. The highest BCUT2D eigenvalue weighted by Gasteiger charge is 2.19. The molecule has 1 aliphatic carbocycles. The Bertz CT molecular complexity index is 760. The third-order valence-electron chi connectivity index (χ3n) is 4.10. The van der Waals surface area contributed by atoms with Crippen molar-refractivity contribution < 1.29 is 29.0 Å². The Balaban J connectivity index is 0.000000380. The van der Waals surface area contributed by atoms with Crippen LogP contribution >= 0.6 is 0 Å². The number of benzene rings is 1. The molecule has 2 aromatic rings. The molecule has 1 heterocycles. The summed E-state index contributed by atoms with van der Waals surface area (Å²) < 4.78 is 5.19. The highest BCUT2D eigenvalue weighted by atomic mass is 16.4. The van der Waals surface area contributed by atoms with E-state index >= 15 is 0 Å². The molecule has 0 spiro atoms. The van der Waals surface area contributed by atoms with Crippen LogP contribution in [-0.4, -0.2) is 34.6 Å². The number of amides is 1. The van der Waals surface area contributed by atoms with Gasteiger partial charge in [0.15, 0.2) is 0 Å². The Morgan fingerprint density at radius 3 is 2.48 bits per heavy atom. The number of carboxylic acid groups (broad SMARTS) is 2. The summed E-state index contributed by atoms with van der Waals surface area (Å²) in [6, 6.07) is 12.4. The van der Waals surface area contributed by atoms with Gasteiger partial charge >= 0.3 is 11.9 Å². The average Bonchev–Trinajstić information content (AvgIpc) is 3.18. The lowest BCUT2D eigenvalue weighted by molar-refractivity contribution is -0.159. The molecule has 3 rings (SSSR count). The second-order valence-electron chi connectivity index (χ2n) is 5.99. The fourth-order valence-corrected chi connectivity index (χ4v) is 2.84. The largest absolute Gasteiger partial charge is 0.473 e. The fourth-order valence-electron chi connectivity index (χ4n) is 2.84. The highest BCUT2D eigenvalue weighted by molar-refractivity contribution is 6.27. The van der Waals surface area contributed by atoms with Crippen LogP contribution in [0.25, 0.3) is 0 Å². The Kier molecular flexibility index (Phi) is 7.57. The number of hydrogen-bond acceptors (Lipinski definition) is 5. The quantitative estimate of drug-likeness (QED) is 0.587. The first-order valence-corrected chi connectivity index (χ1v) is 8.54. The highest BCUT2D eigenvalue weighted by Crippen LogP contribution is 2.29. The molecule has 0 saturated carbocycles. The summed E-state index contributed by atoms with van der Waals surface area (Å²) >= 11 is 0. The van der Waals surface area contributed by atoms with Gasteiger partial charge in [-0.1, -0.05) is 24.3 Å². The zero-order valence-electron chi connectivity index (χ0n) is 14.7. The summed E-state index contributed by atoms with van der Waals surface area (Å²) in [7, 11) is 0. The van der Waals surface area contributed by atoms with Gasteiger partial charge in [0.1, 0.15) is 5.76 Å². The van der Waals surface area contributed by atoms with Crippen LogP contribution in [0.5, 0.6) is 0 Å². The zero-order valence-corrected chi connectivity index (χ0v) is 14.7. The first-order chi connectivity index (χ1) is 13.0. The molecule has 144 valence electrons. The predicted molar refractivity (Wildman–Crippen MR) is 96.0 cm³/mol. The van der Waals surface area contributed by atoms with Crippen molar-refractivity contribution >= 4 is 17.8 Å². The lowest BCUT2D eigenvalue weighted by Gasteiger charge is -2.26. The Morgan fingerprint density at radius 1 is 1.07 bits per heavy atom. The van der Waals surface area contributed by atoms with E-state index in [1.807, 2.05) is 12.1 Å². The van der Waals surface area contributed by atoms with Gasteiger partial charge in [0, 0.05) is 6.04 Å². The van der Waals surface area contributed by atoms with Crippen molar-refractivity contribution in [2.75, 3.05) is 6.54 Å². The van der Waals surface area contributed by atoms with Crippen LogP contribution in [-0.2, 0) is 27.3 Å². The minimum Gasteiger partial charge on any atom is -0.473 e. The van der Waals surface area contributed by atoms with Crippen molar-refractivity contribution in [3.8, 4) is 0 Å². The molecule has 1 amide bonds. The standard InChI is InChI=1S/C17H20N2O2.C2H2O4/c20-17(19-11-14-7-4-10-21-14)12-18-16-9-3-6-13-5-1-2-8-15(13)16;3-1(4)2(5)6/h1-2,4-5,7-8,10,16,18H,3,6,9,11-12H2,(H,19,20);(H,3,4)(H,5,6). The molecule has 27 heavy (non-hydrogen) atoms. The van der Waals surface area contributed by atoms with Gasteiger partial charge in [-0.05, 0) is 42.5 Å². The van der Waals surface area contributed by atoms with Gasteiger partial charge < -0.3 is 25.3 Å². The van der Waals surface area contributed by atoms with E-state index in [1.165, 1.54) is 17.5 Å². The van der Waals surface area contributed by atoms with E-state index in [-0.39, 0.29) is 11.9 Å². The number of aryl methyl sites for hydroxylation is 1. The van der Waals surface area contributed by atoms with E-state index < -0.39 is 11.9 Å². The molecular weight excluding hydrogens is 352 g/mol. The van der Waals surface area contributed by atoms with Crippen molar-refractivity contribution in [2.45, 2.75) is 31.8 Å². The van der Waals surface area contributed by atoms with Crippen molar-refractivity contribution in [2.24, 2.45) is 0 Å². The topological polar surface area (TPSA) is 129 Å². The van der Waals surface area contributed by atoms with Gasteiger partial charge in [0.05, 0.1) is 19.4 Å². The first-order valence-electron chi connectivity index (χ1n) is 8.54. The number of carbonyl (C=O) groups excluding carboxylic acids is 1. The third kappa shape index (κ3) is 6.59. The monoisotopic (exact) mass is 374 g/mol. The number of rotatable bonds is 5. The summed E-state index contributed by atoms with van der Waals surface area (Å²) in [6.07, 6.45) is 5.00. The van der Waals surface area contributed by atoms with Crippen LogP contribution in [0.2, 0.25) is 0 Å². The normalized spacial score (nSPS) is 15.0. The van der Waals surface area contributed by atoms with E-state index in [4.69, 9.17) is 24.2 Å². The predicted octanol–water partition coefficient (Wildman–Crippen LogP) is 1.72. The second-order valence-corrected chi connectivity index (χ2v) is 5.99. The maximum atomic E-state index is 11.9. The zero-order chi connectivity index (χ0) is 19.6. The fraction of sp³-hybridized carbons (Fsp3) is 0.316. The Morgan fingerprint density at radius 2 is 1.81 bits per heavy atom. The first kappa shape index (κ1) is 20.2. The number of carboxylic acids is 2. The SMILES string of the molecule is O=C(CNC1CCCc2ccccc21)NCc1ccco1.O=C(O)C(=O)O. The van der Waals surface area contributed by atoms with Crippen molar-refractivity contribution in [3.63, 3.8) is 0 Å². The van der Waals surface area contributed by atoms with Gasteiger partial charge in [-0.15, -0.1) is 0 Å². The van der Waals surface area contributed by atoms with Crippen molar-refractivity contribution in [1.82, 2.24) is 10.6 Å². The van der Waals surface area contributed by atoms with E-state index in [1.54, 1.807) is 6.26 Å². The minimum absolute atomic E-state index is 0.00513. The lowest BCUT2D eigenvalue weighted by Crippen LogP contribution is -2.36. The molecule has 8 nitrogen and oxygen atoms in total. The number of carbonyl (C=O) groups is 3. The van der Waals surface area contributed by atoms with Gasteiger partial charge in [-0.3, -0.25) is 4.79 Å². The number of hydrogen-bond donors (Lipinski definition) is 4. The van der Waals surface area contributed by atoms with E-state index in [2.05, 4.69) is 34.9 Å². The van der Waals surface area contributed by atoms with Gasteiger partial charge in [-0.25, -0.2) is 9.59 Å². The summed E-state index contributed by atoms with van der Waals surface area (Å²) in [5.41, 5.74) is 2.74. The number of aliphatic carboxylic acids is 2.